The fourth-order valence-electron chi connectivity index (χ4n) is 2.25. The van der Waals surface area contributed by atoms with Gasteiger partial charge in [0.15, 0.2) is 0 Å². The first-order chi connectivity index (χ1) is 9.04. The van der Waals surface area contributed by atoms with Gasteiger partial charge in [-0.3, -0.25) is 0 Å². The minimum atomic E-state index is 0.404. The maximum atomic E-state index is 9.08. The number of aromatic nitrogens is 1. The molecule has 0 aliphatic heterocycles. The zero-order valence-corrected chi connectivity index (χ0v) is 12.9. The van der Waals surface area contributed by atoms with Crippen LogP contribution >= 0.6 is 11.6 Å². The lowest BCUT2D eigenvalue weighted by Crippen LogP contribution is -2.38. The first kappa shape index (κ1) is 15.8. The Kier molecular flexibility index (Phi) is 6.11. The Morgan fingerprint density at radius 1 is 1.37 bits per heavy atom. The van der Waals surface area contributed by atoms with E-state index in [2.05, 4.69) is 43.6 Å². The number of hydrogen-bond acceptors (Lipinski definition) is 3. The van der Waals surface area contributed by atoms with Crippen LogP contribution in [0.5, 0.6) is 0 Å². The number of hydrogen-bond donors (Lipinski definition) is 0. The molecule has 0 amide bonds. The van der Waals surface area contributed by atoms with Crippen molar-refractivity contribution in [2.24, 2.45) is 5.92 Å². The van der Waals surface area contributed by atoms with Crippen molar-refractivity contribution in [1.82, 2.24) is 4.98 Å². The number of pyridine rings is 1. The highest BCUT2D eigenvalue weighted by molar-refractivity contribution is 6.34. The minimum Gasteiger partial charge on any atom is -0.352 e. The quantitative estimate of drug-likeness (QED) is 0.781. The first-order valence-electron chi connectivity index (χ1n) is 6.86. The van der Waals surface area contributed by atoms with E-state index < -0.39 is 0 Å². The van der Waals surface area contributed by atoms with Gasteiger partial charge < -0.3 is 4.90 Å². The molecule has 0 saturated heterocycles. The van der Waals surface area contributed by atoms with Crippen molar-refractivity contribution in [2.75, 3.05) is 11.4 Å². The molecular weight excluding hydrogens is 258 g/mol. The largest absolute Gasteiger partial charge is 0.352 e. The molecule has 0 bridgehead atoms. The van der Waals surface area contributed by atoms with Crippen LogP contribution in [-0.2, 0) is 0 Å². The van der Waals surface area contributed by atoms with Crippen LogP contribution in [0.4, 0.5) is 5.82 Å². The van der Waals surface area contributed by atoms with Crippen LogP contribution in [0.3, 0.4) is 0 Å². The third-order valence-corrected chi connectivity index (χ3v) is 3.58. The summed E-state index contributed by atoms with van der Waals surface area (Å²) in [6.07, 6.45) is 3.74. The Morgan fingerprint density at radius 3 is 2.47 bits per heavy atom. The van der Waals surface area contributed by atoms with Crippen molar-refractivity contribution in [3.63, 3.8) is 0 Å². The Labute approximate surface area is 121 Å². The molecule has 1 rings (SSSR count). The van der Waals surface area contributed by atoms with Crippen molar-refractivity contribution in [3.05, 3.63) is 22.8 Å². The van der Waals surface area contributed by atoms with E-state index >= 15 is 0 Å². The van der Waals surface area contributed by atoms with Crippen LogP contribution in [0.1, 0.15) is 46.1 Å². The van der Waals surface area contributed by atoms with Crippen molar-refractivity contribution >= 4 is 17.4 Å². The monoisotopic (exact) mass is 279 g/mol. The molecule has 0 unspecified atom stereocenters. The Balaban J connectivity index is 3.21. The number of halogens is 1. The molecule has 0 aliphatic rings. The molecular formula is C15H22ClN3. The fourth-order valence-corrected chi connectivity index (χ4v) is 2.51. The molecule has 0 fully saturated rings. The zero-order valence-electron chi connectivity index (χ0n) is 12.2. The van der Waals surface area contributed by atoms with Crippen LogP contribution in [-0.4, -0.2) is 17.6 Å². The number of nitrogens with zero attached hydrogens (tertiary/aromatic N) is 3. The summed E-state index contributed by atoms with van der Waals surface area (Å²) in [5.41, 5.74) is 0.492. The Bertz CT molecular complexity index is 447. The van der Waals surface area contributed by atoms with Gasteiger partial charge in [0, 0.05) is 18.8 Å². The Hall–Kier alpha value is -1.27. The average Bonchev–Trinajstić information content (AvgIpc) is 2.39. The number of anilines is 1. The van der Waals surface area contributed by atoms with Crippen LogP contribution < -0.4 is 4.90 Å². The highest BCUT2D eigenvalue weighted by Crippen LogP contribution is 2.29. The van der Waals surface area contributed by atoms with E-state index in [0.29, 0.717) is 22.5 Å². The second-order valence-electron chi connectivity index (χ2n) is 5.12. The summed E-state index contributed by atoms with van der Waals surface area (Å²) in [5, 5.41) is 9.55. The zero-order chi connectivity index (χ0) is 14.4. The third kappa shape index (κ3) is 3.84. The van der Waals surface area contributed by atoms with Gasteiger partial charge in [0.05, 0.1) is 5.56 Å². The molecule has 0 N–H and O–H groups in total. The van der Waals surface area contributed by atoms with E-state index in [1.54, 1.807) is 12.3 Å². The normalized spacial score (nSPS) is 10.8. The first-order valence-corrected chi connectivity index (χ1v) is 7.24. The molecule has 19 heavy (non-hydrogen) atoms. The summed E-state index contributed by atoms with van der Waals surface area (Å²) in [7, 11) is 0. The molecule has 0 aliphatic carbocycles. The van der Waals surface area contributed by atoms with Crippen LogP contribution in [0.15, 0.2) is 12.3 Å². The van der Waals surface area contributed by atoms with Gasteiger partial charge in [0.2, 0.25) is 0 Å². The van der Waals surface area contributed by atoms with Crippen molar-refractivity contribution in [2.45, 2.75) is 46.6 Å². The maximum Gasteiger partial charge on any atom is 0.148 e. The summed E-state index contributed by atoms with van der Waals surface area (Å²) in [5.74, 6) is 1.26. The molecule has 0 atom stereocenters. The van der Waals surface area contributed by atoms with Gasteiger partial charge in [0.1, 0.15) is 16.9 Å². The minimum absolute atomic E-state index is 0.404. The lowest BCUT2D eigenvalue weighted by Gasteiger charge is -2.33. The van der Waals surface area contributed by atoms with E-state index in [-0.39, 0.29) is 0 Å². The predicted octanol–water partition coefficient (Wildman–Crippen LogP) is 4.26. The van der Waals surface area contributed by atoms with Crippen LogP contribution in [0, 0.1) is 17.2 Å². The molecule has 104 valence electrons. The highest BCUT2D eigenvalue weighted by Gasteiger charge is 2.21. The molecule has 0 saturated carbocycles. The van der Waals surface area contributed by atoms with Crippen molar-refractivity contribution in [1.29, 1.82) is 5.26 Å². The van der Waals surface area contributed by atoms with E-state index in [1.807, 2.05) is 0 Å². The lowest BCUT2D eigenvalue weighted by atomic mass is 10.1. The average molecular weight is 280 g/mol. The molecule has 0 radical (unpaired) electrons. The second-order valence-corrected chi connectivity index (χ2v) is 5.50. The van der Waals surface area contributed by atoms with E-state index in [4.69, 9.17) is 16.9 Å². The predicted molar refractivity (Wildman–Crippen MR) is 80.5 cm³/mol. The van der Waals surface area contributed by atoms with Crippen molar-refractivity contribution in [3.8, 4) is 6.07 Å². The highest BCUT2D eigenvalue weighted by atomic mass is 35.5. The van der Waals surface area contributed by atoms with Gasteiger partial charge in [-0.25, -0.2) is 4.98 Å². The van der Waals surface area contributed by atoms with E-state index in [1.165, 1.54) is 0 Å². The van der Waals surface area contributed by atoms with Gasteiger partial charge in [-0.1, -0.05) is 39.3 Å². The van der Waals surface area contributed by atoms with Gasteiger partial charge in [-0.05, 0) is 24.8 Å². The third-order valence-electron chi connectivity index (χ3n) is 3.21. The number of rotatable bonds is 6. The molecule has 3 nitrogen and oxygen atoms in total. The van der Waals surface area contributed by atoms with E-state index in [0.717, 1.165) is 25.2 Å². The summed E-state index contributed by atoms with van der Waals surface area (Å²) in [4.78, 5) is 6.64. The smallest absolute Gasteiger partial charge is 0.148 e. The lowest BCUT2D eigenvalue weighted by molar-refractivity contribution is 0.503. The second kappa shape index (κ2) is 7.35. The summed E-state index contributed by atoms with van der Waals surface area (Å²) >= 11 is 6.32. The summed E-state index contributed by atoms with van der Waals surface area (Å²) in [6.45, 7) is 9.59. The molecule has 1 heterocycles. The topological polar surface area (TPSA) is 39.9 Å². The van der Waals surface area contributed by atoms with Gasteiger partial charge in [-0.15, -0.1) is 0 Å². The van der Waals surface area contributed by atoms with Gasteiger partial charge in [0.25, 0.3) is 0 Å². The van der Waals surface area contributed by atoms with Gasteiger partial charge in [-0.2, -0.15) is 5.26 Å². The molecule has 1 aromatic rings. The standard InChI is InChI=1S/C15H22ClN3/c1-5-13(6-2)19(10-11(3)4)15-14(16)12(9-17)7-8-18-15/h7-8,11,13H,5-6,10H2,1-4H3. The molecule has 0 aromatic carbocycles. The van der Waals surface area contributed by atoms with Gasteiger partial charge >= 0.3 is 0 Å². The summed E-state index contributed by atoms with van der Waals surface area (Å²) < 4.78 is 0. The van der Waals surface area contributed by atoms with Crippen LogP contribution in [0.25, 0.3) is 0 Å². The fraction of sp³-hybridized carbons (Fsp3) is 0.600. The van der Waals surface area contributed by atoms with Crippen molar-refractivity contribution < 1.29 is 0 Å². The molecule has 4 heteroatoms. The molecule has 0 spiro atoms. The van der Waals surface area contributed by atoms with E-state index in [9.17, 15) is 0 Å². The maximum absolute atomic E-state index is 9.08. The van der Waals surface area contributed by atoms with Crippen LogP contribution in [0.2, 0.25) is 5.02 Å². The molecule has 1 aromatic heterocycles. The number of nitriles is 1. The SMILES string of the molecule is CCC(CC)N(CC(C)C)c1nccc(C#N)c1Cl. The Morgan fingerprint density at radius 2 is 2.00 bits per heavy atom. The summed E-state index contributed by atoms with van der Waals surface area (Å²) in [6, 6.07) is 4.18.